The SMILES string of the molecule is Cn1c(CN2CCN(C(=O)c3ccccc3F)CC2)nc2cc(C(=O)N3CCCC3)ccc21. The first-order chi connectivity index (χ1) is 16.0. The number of piperazine rings is 1. The van der Waals surface area contributed by atoms with Gasteiger partial charge in [-0.1, -0.05) is 12.1 Å². The first-order valence-electron chi connectivity index (χ1n) is 11.5. The van der Waals surface area contributed by atoms with E-state index >= 15 is 0 Å². The van der Waals surface area contributed by atoms with Gasteiger partial charge in [-0.3, -0.25) is 14.5 Å². The van der Waals surface area contributed by atoms with Crippen LogP contribution in [0, 0.1) is 5.82 Å². The second kappa shape index (κ2) is 8.94. The molecule has 2 saturated heterocycles. The molecule has 2 aliphatic rings. The van der Waals surface area contributed by atoms with E-state index in [9.17, 15) is 14.0 Å². The molecule has 0 unspecified atom stereocenters. The molecule has 3 aromatic rings. The van der Waals surface area contributed by atoms with Crippen LogP contribution in [0.1, 0.15) is 39.4 Å². The zero-order chi connectivity index (χ0) is 22.9. The minimum absolute atomic E-state index is 0.0808. The molecule has 1 aromatic heterocycles. The molecular weight excluding hydrogens is 421 g/mol. The van der Waals surface area contributed by atoms with Gasteiger partial charge in [0.1, 0.15) is 11.6 Å². The summed E-state index contributed by atoms with van der Waals surface area (Å²) in [7, 11) is 1.99. The fourth-order valence-electron chi connectivity index (χ4n) is 4.74. The molecule has 0 spiro atoms. The largest absolute Gasteiger partial charge is 0.339 e. The van der Waals surface area contributed by atoms with E-state index in [2.05, 4.69) is 9.47 Å². The van der Waals surface area contributed by atoms with Crippen LogP contribution in [0.5, 0.6) is 0 Å². The summed E-state index contributed by atoms with van der Waals surface area (Å²) in [6.45, 7) is 4.80. The number of aryl methyl sites for hydroxylation is 1. The Hall–Kier alpha value is -3.26. The standard InChI is InChI=1S/C25H28FN5O2/c1-28-22-9-8-18(24(32)30-10-4-5-11-30)16-21(22)27-23(28)17-29-12-14-31(15-13-29)25(33)19-6-2-3-7-20(19)26/h2-3,6-9,16H,4-5,10-15,17H2,1H3. The molecule has 33 heavy (non-hydrogen) atoms. The molecule has 2 fully saturated rings. The molecule has 172 valence electrons. The Morgan fingerprint density at radius 3 is 2.33 bits per heavy atom. The maximum absolute atomic E-state index is 14.0. The highest BCUT2D eigenvalue weighted by atomic mass is 19.1. The van der Waals surface area contributed by atoms with Crippen LogP contribution in [-0.4, -0.2) is 75.3 Å². The van der Waals surface area contributed by atoms with Gasteiger partial charge in [0.05, 0.1) is 23.1 Å². The minimum Gasteiger partial charge on any atom is -0.339 e. The maximum Gasteiger partial charge on any atom is 0.256 e. The predicted molar refractivity (Wildman–Crippen MR) is 123 cm³/mol. The van der Waals surface area contributed by atoms with Crippen LogP contribution in [-0.2, 0) is 13.6 Å². The molecule has 2 aliphatic heterocycles. The zero-order valence-corrected chi connectivity index (χ0v) is 18.8. The van der Waals surface area contributed by atoms with Crippen molar-refractivity contribution in [2.24, 2.45) is 7.05 Å². The maximum atomic E-state index is 14.0. The zero-order valence-electron chi connectivity index (χ0n) is 18.8. The number of aromatic nitrogens is 2. The Kier molecular flexibility index (Phi) is 5.85. The molecule has 8 heteroatoms. The number of rotatable bonds is 4. The molecule has 2 amide bonds. The first kappa shape index (κ1) is 21.6. The van der Waals surface area contributed by atoms with Gasteiger partial charge in [-0.05, 0) is 43.2 Å². The second-order valence-corrected chi connectivity index (χ2v) is 8.84. The number of hydrogen-bond donors (Lipinski definition) is 0. The van der Waals surface area contributed by atoms with Crippen LogP contribution >= 0.6 is 0 Å². The van der Waals surface area contributed by atoms with E-state index in [1.54, 1.807) is 17.0 Å². The molecule has 0 atom stereocenters. The number of likely N-dealkylation sites (tertiary alicyclic amines) is 1. The van der Waals surface area contributed by atoms with Gasteiger partial charge in [0, 0.05) is 51.9 Å². The lowest BCUT2D eigenvalue weighted by atomic mass is 10.1. The normalized spacial score (nSPS) is 17.2. The number of fused-ring (bicyclic) bond motifs is 1. The summed E-state index contributed by atoms with van der Waals surface area (Å²) in [4.78, 5) is 36.1. The Bertz CT molecular complexity index is 1190. The lowest BCUT2D eigenvalue weighted by Crippen LogP contribution is -2.48. The third-order valence-corrected chi connectivity index (χ3v) is 6.74. The van der Waals surface area contributed by atoms with Crippen LogP contribution in [0.4, 0.5) is 4.39 Å². The third kappa shape index (κ3) is 4.23. The van der Waals surface area contributed by atoms with Crippen molar-refractivity contribution in [1.29, 1.82) is 0 Å². The third-order valence-electron chi connectivity index (χ3n) is 6.74. The molecule has 7 nitrogen and oxygen atoms in total. The number of carbonyl (C=O) groups is 2. The molecule has 3 heterocycles. The first-order valence-corrected chi connectivity index (χ1v) is 11.5. The lowest BCUT2D eigenvalue weighted by molar-refractivity contribution is 0.0619. The van der Waals surface area contributed by atoms with E-state index < -0.39 is 5.82 Å². The van der Waals surface area contributed by atoms with Gasteiger partial charge in [0.2, 0.25) is 0 Å². The number of hydrogen-bond acceptors (Lipinski definition) is 4. The molecule has 0 aliphatic carbocycles. The molecule has 2 aromatic carbocycles. The van der Waals surface area contributed by atoms with Crippen molar-refractivity contribution in [1.82, 2.24) is 24.3 Å². The summed E-state index contributed by atoms with van der Waals surface area (Å²) in [6, 6.07) is 11.9. The molecule has 0 N–H and O–H groups in total. The van der Waals surface area contributed by atoms with Crippen LogP contribution in [0.2, 0.25) is 0 Å². The van der Waals surface area contributed by atoms with Gasteiger partial charge < -0.3 is 14.4 Å². The number of nitrogens with zero attached hydrogens (tertiary/aromatic N) is 5. The molecule has 0 radical (unpaired) electrons. The van der Waals surface area contributed by atoms with Gasteiger partial charge in [0.25, 0.3) is 11.8 Å². The Balaban J connectivity index is 1.25. The monoisotopic (exact) mass is 449 g/mol. The Morgan fingerprint density at radius 1 is 0.909 bits per heavy atom. The summed E-state index contributed by atoms with van der Waals surface area (Å²) >= 11 is 0. The van der Waals surface area contributed by atoms with E-state index in [-0.39, 0.29) is 17.4 Å². The summed E-state index contributed by atoms with van der Waals surface area (Å²) in [5.41, 5.74) is 2.64. The Labute approximate surface area is 192 Å². The van der Waals surface area contributed by atoms with E-state index in [0.717, 1.165) is 42.8 Å². The number of carbonyl (C=O) groups excluding carboxylic acids is 2. The number of imidazole rings is 1. The van der Waals surface area contributed by atoms with E-state index in [0.29, 0.717) is 38.3 Å². The average molecular weight is 450 g/mol. The molecule has 0 saturated carbocycles. The van der Waals surface area contributed by atoms with Crippen molar-refractivity contribution in [3.63, 3.8) is 0 Å². The van der Waals surface area contributed by atoms with Crippen molar-refractivity contribution in [2.45, 2.75) is 19.4 Å². The van der Waals surface area contributed by atoms with E-state index in [1.807, 2.05) is 30.1 Å². The summed E-state index contributed by atoms with van der Waals surface area (Å²) in [5.74, 6) is 0.264. The summed E-state index contributed by atoms with van der Waals surface area (Å²) in [5, 5.41) is 0. The number of amides is 2. The van der Waals surface area contributed by atoms with E-state index in [4.69, 9.17) is 4.98 Å². The smallest absolute Gasteiger partial charge is 0.256 e. The molecule has 5 rings (SSSR count). The van der Waals surface area contributed by atoms with Gasteiger partial charge in [0.15, 0.2) is 0 Å². The minimum atomic E-state index is -0.479. The van der Waals surface area contributed by atoms with Gasteiger partial charge in [-0.2, -0.15) is 0 Å². The van der Waals surface area contributed by atoms with Crippen molar-refractivity contribution >= 4 is 22.8 Å². The second-order valence-electron chi connectivity index (χ2n) is 8.84. The highest BCUT2D eigenvalue weighted by Crippen LogP contribution is 2.21. The molecule has 0 bridgehead atoms. The predicted octanol–water partition coefficient (Wildman–Crippen LogP) is 2.91. The average Bonchev–Trinajstić information content (AvgIpc) is 3.48. The fourth-order valence-corrected chi connectivity index (χ4v) is 4.74. The van der Waals surface area contributed by atoms with Crippen molar-refractivity contribution in [3.8, 4) is 0 Å². The molecular formula is C25H28FN5O2. The quantitative estimate of drug-likeness (QED) is 0.615. The number of halogens is 1. The van der Waals surface area contributed by atoms with Gasteiger partial charge in [-0.25, -0.2) is 9.37 Å². The highest BCUT2D eigenvalue weighted by Gasteiger charge is 2.25. The van der Waals surface area contributed by atoms with Gasteiger partial charge in [-0.15, -0.1) is 0 Å². The lowest BCUT2D eigenvalue weighted by Gasteiger charge is -2.34. The van der Waals surface area contributed by atoms with Crippen molar-refractivity contribution in [3.05, 3.63) is 65.2 Å². The van der Waals surface area contributed by atoms with Crippen LogP contribution < -0.4 is 0 Å². The highest BCUT2D eigenvalue weighted by molar-refractivity contribution is 5.97. The fraction of sp³-hybridized carbons (Fsp3) is 0.400. The Morgan fingerprint density at radius 2 is 1.61 bits per heavy atom. The summed E-state index contributed by atoms with van der Waals surface area (Å²) < 4.78 is 16.0. The van der Waals surface area contributed by atoms with E-state index in [1.165, 1.54) is 12.1 Å². The van der Waals surface area contributed by atoms with Crippen LogP contribution in [0.15, 0.2) is 42.5 Å². The van der Waals surface area contributed by atoms with Crippen LogP contribution in [0.25, 0.3) is 11.0 Å². The number of benzene rings is 2. The van der Waals surface area contributed by atoms with Crippen LogP contribution in [0.3, 0.4) is 0 Å². The van der Waals surface area contributed by atoms with Gasteiger partial charge >= 0.3 is 0 Å². The summed E-state index contributed by atoms with van der Waals surface area (Å²) in [6.07, 6.45) is 2.14. The van der Waals surface area contributed by atoms with Crippen molar-refractivity contribution in [2.75, 3.05) is 39.3 Å². The topological polar surface area (TPSA) is 61.7 Å². The van der Waals surface area contributed by atoms with Crippen molar-refractivity contribution < 1.29 is 14.0 Å².